The number of carbonyl (C=O) groups is 1. The summed E-state index contributed by atoms with van der Waals surface area (Å²) in [6.45, 7) is 7.44. The summed E-state index contributed by atoms with van der Waals surface area (Å²) in [5.74, 6) is 0.887. The van der Waals surface area contributed by atoms with Crippen molar-refractivity contribution in [2.45, 2.75) is 33.2 Å². The maximum atomic E-state index is 11.6. The molecule has 0 atom stereocenters. The Morgan fingerprint density at radius 2 is 2.23 bits per heavy atom. The van der Waals surface area contributed by atoms with E-state index in [0.29, 0.717) is 6.54 Å². The Hall–Kier alpha value is -1.56. The fourth-order valence-electron chi connectivity index (χ4n) is 2.63. The summed E-state index contributed by atoms with van der Waals surface area (Å²) >= 11 is 1.75. The van der Waals surface area contributed by atoms with Crippen LogP contribution in [0.5, 0.6) is 0 Å². The van der Waals surface area contributed by atoms with Gasteiger partial charge in [0.25, 0.3) is 0 Å². The van der Waals surface area contributed by atoms with E-state index >= 15 is 0 Å². The van der Waals surface area contributed by atoms with E-state index in [1.165, 1.54) is 17.6 Å². The molecule has 0 saturated carbocycles. The van der Waals surface area contributed by atoms with Gasteiger partial charge in [-0.1, -0.05) is 0 Å². The van der Waals surface area contributed by atoms with Crippen molar-refractivity contribution in [2.24, 2.45) is 10.9 Å². The summed E-state index contributed by atoms with van der Waals surface area (Å²) < 4.78 is 4.84. The standard InChI is InChI=1S/C16H25N3O2S/c1-4-17-16(18-11-14-12(2)7-10-22-14)19-8-5-13(6-9-19)15(20)21-3/h7,10,13H,4-6,8-9,11H2,1-3H3,(H,17,18). The van der Waals surface area contributed by atoms with Gasteiger partial charge in [-0.3, -0.25) is 4.79 Å². The lowest BCUT2D eigenvalue weighted by Gasteiger charge is -2.33. The van der Waals surface area contributed by atoms with Crippen molar-refractivity contribution in [1.29, 1.82) is 0 Å². The van der Waals surface area contributed by atoms with Crippen LogP contribution >= 0.6 is 11.3 Å². The number of methoxy groups -OCH3 is 1. The molecule has 0 bridgehead atoms. The van der Waals surface area contributed by atoms with Crippen molar-refractivity contribution in [2.75, 3.05) is 26.7 Å². The van der Waals surface area contributed by atoms with Crippen LogP contribution in [0.15, 0.2) is 16.4 Å². The van der Waals surface area contributed by atoms with Gasteiger partial charge < -0.3 is 15.0 Å². The number of ether oxygens (including phenoxy) is 1. The first kappa shape index (κ1) is 16.8. The molecule has 22 heavy (non-hydrogen) atoms. The molecule has 1 saturated heterocycles. The summed E-state index contributed by atoms with van der Waals surface area (Å²) in [4.78, 5) is 19.9. The van der Waals surface area contributed by atoms with E-state index in [0.717, 1.165) is 38.4 Å². The molecule has 1 aliphatic rings. The minimum absolute atomic E-state index is 0.0312. The number of rotatable bonds is 4. The van der Waals surface area contributed by atoms with Crippen LogP contribution in [-0.2, 0) is 16.1 Å². The Kier molecular flexibility index (Phi) is 6.24. The first-order valence-corrected chi connectivity index (χ1v) is 8.67. The predicted octanol–water partition coefficient (Wildman–Crippen LogP) is 2.41. The molecule has 5 nitrogen and oxygen atoms in total. The van der Waals surface area contributed by atoms with Gasteiger partial charge in [-0.2, -0.15) is 0 Å². The number of guanidine groups is 1. The molecular formula is C16H25N3O2S. The highest BCUT2D eigenvalue weighted by atomic mass is 32.1. The number of carbonyl (C=O) groups excluding carboxylic acids is 1. The van der Waals surface area contributed by atoms with Gasteiger partial charge in [0, 0.05) is 24.5 Å². The Morgan fingerprint density at radius 1 is 1.50 bits per heavy atom. The molecule has 1 aromatic rings. The normalized spacial score (nSPS) is 16.7. The predicted molar refractivity (Wildman–Crippen MR) is 90.2 cm³/mol. The number of thiophene rings is 1. The Bertz CT molecular complexity index is 519. The third-order valence-corrected chi connectivity index (χ3v) is 5.01. The molecule has 1 fully saturated rings. The fraction of sp³-hybridized carbons (Fsp3) is 0.625. The zero-order chi connectivity index (χ0) is 15.9. The van der Waals surface area contributed by atoms with Crippen molar-refractivity contribution in [3.63, 3.8) is 0 Å². The van der Waals surface area contributed by atoms with Crippen LogP contribution in [0.2, 0.25) is 0 Å². The molecule has 2 heterocycles. The Balaban J connectivity index is 1.97. The highest BCUT2D eigenvalue weighted by Gasteiger charge is 2.26. The zero-order valence-electron chi connectivity index (χ0n) is 13.6. The molecule has 0 radical (unpaired) electrons. The largest absolute Gasteiger partial charge is 0.469 e. The Morgan fingerprint density at radius 3 is 2.77 bits per heavy atom. The second-order valence-corrected chi connectivity index (χ2v) is 6.48. The first-order chi connectivity index (χ1) is 10.7. The van der Waals surface area contributed by atoms with Gasteiger partial charge in [0.1, 0.15) is 0 Å². The first-order valence-electron chi connectivity index (χ1n) is 7.79. The van der Waals surface area contributed by atoms with Crippen molar-refractivity contribution >= 4 is 23.3 Å². The quantitative estimate of drug-likeness (QED) is 0.525. The molecule has 2 rings (SSSR count). The summed E-state index contributed by atoms with van der Waals surface area (Å²) in [6, 6.07) is 2.13. The van der Waals surface area contributed by atoms with E-state index in [2.05, 4.69) is 35.5 Å². The lowest BCUT2D eigenvalue weighted by molar-refractivity contribution is -0.146. The maximum absolute atomic E-state index is 11.6. The molecule has 0 spiro atoms. The molecule has 0 aliphatic carbocycles. The molecule has 1 aliphatic heterocycles. The number of aryl methyl sites for hydroxylation is 1. The van der Waals surface area contributed by atoms with Crippen LogP contribution < -0.4 is 5.32 Å². The summed E-state index contributed by atoms with van der Waals surface area (Å²) in [5, 5.41) is 5.46. The molecule has 122 valence electrons. The van der Waals surface area contributed by atoms with Gasteiger partial charge in [0.15, 0.2) is 5.96 Å². The fourth-order valence-corrected chi connectivity index (χ4v) is 3.46. The van der Waals surface area contributed by atoms with E-state index in [9.17, 15) is 4.79 Å². The van der Waals surface area contributed by atoms with Crippen molar-refractivity contribution in [1.82, 2.24) is 10.2 Å². The van der Waals surface area contributed by atoms with Crippen molar-refractivity contribution in [3.05, 3.63) is 21.9 Å². The van der Waals surface area contributed by atoms with Crippen LogP contribution in [0, 0.1) is 12.8 Å². The van der Waals surface area contributed by atoms with Crippen molar-refractivity contribution < 1.29 is 9.53 Å². The second kappa shape index (κ2) is 8.17. The van der Waals surface area contributed by atoms with Crippen LogP contribution in [0.1, 0.15) is 30.2 Å². The molecule has 0 amide bonds. The van der Waals surface area contributed by atoms with E-state index in [1.807, 2.05) is 0 Å². The van der Waals surface area contributed by atoms with E-state index in [4.69, 9.17) is 9.73 Å². The van der Waals surface area contributed by atoms with Crippen LogP contribution in [0.3, 0.4) is 0 Å². The SMILES string of the molecule is CCNC(=NCc1sccc1C)N1CCC(C(=O)OC)CC1. The Labute approximate surface area is 136 Å². The zero-order valence-corrected chi connectivity index (χ0v) is 14.4. The van der Waals surface area contributed by atoms with Gasteiger partial charge in [-0.25, -0.2) is 4.99 Å². The number of nitrogens with zero attached hydrogens (tertiary/aromatic N) is 2. The molecule has 1 N–H and O–H groups in total. The molecule has 0 aromatic carbocycles. The van der Waals surface area contributed by atoms with Gasteiger partial charge >= 0.3 is 5.97 Å². The number of nitrogens with one attached hydrogen (secondary N) is 1. The minimum Gasteiger partial charge on any atom is -0.469 e. The lowest BCUT2D eigenvalue weighted by atomic mass is 9.97. The number of piperidine rings is 1. The highest BCUT2D eigenvalue weighted by Crippen LogP contribution is 2.20. The number of esters is 1. The van der Waals surface area contributed by atoms with Gasteiger partial charge in [0.2, 0.25) is 0 Å². The van der Waals surface area contributed by atoms with E-state index in [1.54, 1.807) is 11.3 Å². The number of hydrogen-bond acceptors (Lipinski definition) is 4. The monoisotopic (exact) mass is 323 g/mol. The molecule has 6 heteroatoms. The molecular weight excluding hydrogens is 298 g/mol. The average Bonchev–Trinajstić information content (AvgIpc) is 2.96. The average molecular weight is 323 g/mol. The third kappa shape index (κ3) is 4.22. The van der Waals surface area contributed by atoms with E-state index < -0.39 is 0 Å². The van der Waals surface area contributed by atoms with Crippen LogP contribution in [-0.4, -0.2) is 43.6 Å². The van der Waals surface area contributed by atoms with Crippen LogP contribution in [0.4, 0.5) is 0 Å². The van der Waals surface area contributed by atoms with Gasteiger partial charge in [0.05, 0.1) is 19.6 Å². The maximum Gasteiger partial charge on any atom is 0.308 e. The van der Waals surface area contributed by atoms with Gasteiger partial charge in [-0.15, -0.1) is 11.3 Å². The highest BCUT2D eigenvalue weighted by molar-refractivity contribution is 7.10. The van der Waals surface area contributed by atoms with Gasteiger partial charge in [-0.05, 0) is 43.7 Å². The number of aliphatic imine (C=N–C) groups is 1. The third-order valence-electron chi connectivity index (χ3n) is 4.00. The molecule has 1 aromatic heterocycles. The topological polar surface area (TPSA) is 53.9 Å². The second-order valence-electron chi connectivity index (χ2n) is 5.48. The number of likely N-dealkylation sites (tertiary alicyclic amines) is 1. The lowest BCUT2D eigenvalue weighted by Crippen LogP contribution is -2.46. The summed E-state index contributed by atoms with van der Waals surface area (Å²) in [5.41, 5.74) is 1.30. The summed E-state index contributed by atoms with van der Waals surface area (Å²) in [6.07, 6.45) is 1.66. The smallest absolute Gasteiger partial charge is 0.308 e. The van der Waals surface area contributed by atoms with Crippen molar-refractivity contribution in [3.8, 4) is 0 Å². The minimum atomic E-state index is -0.0872. The van der Waals surface area contributed by atoms with E-state index in [-0.39, 0.29) is 11.9 Å². The summed E-state index contributed by atoms with van der Waals surface area (Å²) in [7, 11) is 1.46. The number of hydrogen-bond donors (Lipinski definition) is 1. The van der Waals surface area contributed by atoms with Crippen LogP contribution in [0.25, 0.3) is 0 Å². The molecule has 0 unspecified atom stereocenters.